The summed E-state index contributed by atoms with van der Waals surface area (Å²) < 4.78 is 0. The van der Waals surface area contributed by atoms with E-state index in [0.29, 0.717) is 38.5 Å². The zero-order chi connectivity index (χ0) is 13.7. The molecule has 0 bridgehead atoms. The Morgan fingerprint density at radius 3 is 2.22 bits per heavy atom. The molecule has 1 amide bonds. The fraction of sp³-hybridized carbons (Fsp3) is 0.833. The number of amides is 1. The third kappa shape index (κ3) is 4.62. The van der Waals surface area contributed by atoms with E-state index in [-0.39, 0.29) is 12.5 Å². The molecule has 0 radical (unpaired) electrons. The van der Waals surface area contributed by atoms with Crippen molar-refractivity contribution in [2.75, 3.05) is 32.7 Å². The van der Waals surface area contributed by atoms with Crippen molar-refractivity contribution in [2.45, 2.75) is 26.3 Å². The van der Waals surface area contributed by atoms with Crippen LogP contribution in [0.25, 0.3) is 0 Å². The van der Waals surface area contributed by atoms with Crippen molar-refractivity contribution in [1.29, 1.82) is 0 Å². The zero-order valence-electron chi connectivity index (χ0n) is 11.1. The Morgan fingerprint density at radius 2 is 1.78 bits per heavy atom. The van der Waals surface area contributed by atoms with E-state index in [1.165, 1.54) is 0 Å². The average molecular weight is 257 g/mol. The Balaban J connectivity index is 2.38. The summed E-state index contributed by atoms with van der Waals surface area (Å²) in [6.07, 6.45) is 0.689. The van der Waals surface area contributed by atoms with Crippen LogP contribution in [0.5, 0.6) is 0 Å². The summed E-state index contributed by atoms with van der Waals surface area (Å²) >= 11 is 0. The number of rotatable bonds is 5. The number of nitrogens with two attached hydrogens (primary N) is 1. The number of carboxylic acids is 1. The molecule has 0 aromatic rings. The number of aliphatic carboxylic acids is 1. The average Bonchev–Trinajstić information content (AvgIpc) is 2.27. The molecule has 0 aromatic heterocycles. The molecule has 104 valence electrons. The van der Waals surface area contributed by atoms with Gasteiger partial charge < -0.3 is 15.7 Å². The third-order valence-corrected chi connectivity index (χ3v) is 3.09. The van der Waals surface area contributed by atoms with E-state index < -0.39 is 12.0 Å². The zero-order valence-corrected chi connectivity index (χ0v) is 11.1. The molecule has 1 atom stereocenters. The number of nitrogens with zero attached hydrogens (tertiary/aromatic N) is 2. The largest absolute Gasteiger partial charge is 0.480 e. The standard InChI is InChI=1S/C12H23N3O3/c1-9(2)7-10(13)12(18)15-5-3-14(4-6-15)8-11(16)17/h9-10H,3-8,13H2,1-2H3,(H,16,17)/t10-/m0/s1. The third-order valence-electron chi connectivity index (χ3n) is 3.09. The van der Waals surface area contributed by atoms with E-state index in [1.807, 2.05) is 18.7 Å². The van der Waals surface area contributed by atoms with Crippen molar-refractivity contribution in [3.8, 4) is 0 Å². The van der Waals surface area contributed by atoms with E-state index in [4.69, 9.17) is 10.8 Å². The molecular formula is C12H23N3O3. The summed E-state index contributed by atoms with van der Waals surface area (Å²) in [5, 5.41) is 8.69. The van der Waals surface area contributed by atoms with Gasteiger partial charge in [0.2, 0.25) is 5.91 Å². The second kappa shape index (κ2) is 6.70. The number of piperazine rings is 1. The Bertz CT molecular complexity index is 299. The highest BCUT2D eigenvalue weighted by Crippen LogP contribution is 2.08. The molecule has 3 N–H and O–H groups in total. The monoisotopic (exact) mass is 257 g/mol. The summed E-state index contributed by atoms with van der Waals surface area (Å²) in [5.74, 6) is -0.442. The number of carboxylic acid groups (broad SMARTS) is 1. The van der Waals surface area contributed by atoms with Gasteiger partial charge in [0.25, 0.3) is 0 Å². The van der Waals surface area contributed by atoms with Crippen LogP contribution in [0.1, 0.15) is 20.3 Å². The van der Waals surface area contributed by atoms with E-state index in [0.717, 1.165) is 0 Å². The van der Waals surface area contributed by atoms with Gasteiger partial charge in [-0.2, -0.15) is 0 Å². The van der Waals surface area contributed by atoms with Gasteiger partial charge in [-0.1, -0.05) is 13.8 Å². The topological polar surface area (TPSA) is 86.9 Å². The van der Waals surface area contributed by atoms with Crippen LogP contribution in [0, 0.1) is 5.92 Å². The Kier molecular flexibility index (Phi) is 5.55. The predicted molar refractivity (Wildman–Crippen MR) is 68.1 cm³/mol. The molecule has 0 unspecified atom stereocenters. The Labute approximate surface area is 108 Å². The fourth-order valence-corrected chi connectivity index (χ4v) is 2.16. The van der Waals surface area contributed by atoms with Crippen molar-refractivity contribution in [1.82, 2.24) is 9.80 Å². The lowest BCUT2D eigenvalue weighted by atomic mass is 10.0. The first-order valence-electron chi connectivity index (χ1n) is 6.38. The van der Waals surface area contributed by atoms with Crippen molar-refractivity contribution < 1.29 is 14.7 Å². The molecule has 1 heterocycles. The van der Waals surface area contributed by atoms with E-state index in [2.05, 4.69) is 0 Å². The first kappa shape index (κ1) is 14.9. The molecule has 6 heteroatoms. The minimum absolute atomic E-state index is 0.0151. The second-order valence-corrected chi connectivity index (χ2v) is 5.23. The molecule has 1 rings (SSSR count). The Morgan fingerprint density at radius 1 is 1.22 bits per heavy atom. The van der Waals surface area contributed by atoms with Gasteiger partial charge in [0.05, 0.1) is 12.6 Å². The van der Waals surface area contributed by atoms with Gasteiger partial charge in [-0.15, -0.1) is 0 Å². The molecule has 0 aliphatic carbocycles. The normalized spacial score (nSPS) is 19.0. The quantitative estimate of drug-likeness (QED) is 0.699. The molecule has 0 aromatic carbocycles. The minimum atomic E-state index is -0.828. The highest BCUT2D eigenvalue weighted by molar-refractivity contribution is 5.81. The summed E-state index contributed by atoms with van der Waals surface area (Å²) in [4.78, 5) is 26.2. The molecule has 18 heavy (non-hydrogen) atoms. The van der Waals surface area contributed by atoms with Crippen molar-refractivity contribution in [3.63, 3.8) is 0 Å². The highest BCUT2D eigenvalue weighted by Gasteiger charge is 2.26. The number of carbonyl (C=O) groups is 2. The Hall–Kier alpha value is -1.14. The maximum absolute atomic E-state index is 12.0. The molecular weight excluding hydrogens is 234 g/mol. The van der Waals surface area contributed by atoms with Crippen LogP contribution < -0.4 is 5.73 Å². The number of carbonyl (C=O) groups excluding carboxylic acids is 1. The van der Waals surface area contributed by atoms with Crippen LogP contribution in [-0.4, -0.2) is 65.5 Å². The van der Waals surface area contributed by atoms with Gasteiger partial charge in [-0.25, -0.2) is 0 Å². The van der Waals surface area contributed by atoms with Crippen LogP contribution in [0.15, 0.2) is 0 Å². The summed E-state index contributed by atoms with van der Waals surface area (Å²) in [6, 6.07) is -0.434. The van der Waals surface area contributed by atoms with Gasteiger partial charge in [0.1, 0.15) is 0 Å². The smallest absolute Gasteiger partial charge is 0.317 e. The van der Waals surface area contributed by atoms with Gasteiger partial charge in [0.15, 0.2) is 0 Å². The van der Waals surface area contributed by atoms with Gasteiger partial charge in [-0.3, -0.25) is 14.5 Å². The summed E-state index contributed by atoms with van der Waals surface area (Å²) in [6.45, 7) is 6.46. The predicted octanol–water partition coefficient (Wildman–Crippen LogP) is -0.411. The highest BCUT2D eigenvalue weighted by atomic mass is 16.4. The SMILES string of the molecule is CC(C)C[C@H](N)C(=O)N1CCN(CC(=O)O)CC1. The van der Waals surface area contributed by atoms with Crippen LogP contribution in [0.3, 0.4) is 0 Å². The van der Waals surface area contributed by atoms with Crippen LogP contribution in [0.4, 0.5) is 0 Å². The van der Waals surface area contributed by atoms with Gasteiger partial charge in [-0.05, 0) is 12.3 Å². The van der Waals surface area contributed by atoms with Gasteiger partial charge in [0, 0.05) is 26.2 Å². The van der Waals surface area contributed by atoms with E-state index in [1.54, 1.807) is 4.90 Å². The maximum Gasteiger partial charge on any atom is 0.317 e. The molecule has 1 aliphatic rings. The lowest BCUT2D eigenvalue weighted by Crippen LogP contribution is -2.54. The van der Waals surface area contributed by atoms with Crippen molar-refractivity contribution >= 4 is 11.9 Å². The fourth-order valence-electron chi connectivity index (χ4n) is 2.16. The summed E-state index contributed by atoms with van der Waals surface area (Å²) in [5.41, 5.74) is 5.87. The van der Waals surface area contributed by atoms with Crippen molar-refractivity contribution in [3.05, 3.63) is 0 Å². The first-order valence-corrected chi connectivity index (χ1v) is 6.38. The van der Waals surface area contributed by atoms with E-state index in [9.17, 15) is 9.59 Å². The molecule has 0 saturated carbocycles. The lowest BCUT2D eigenvalue weighted by molar-refractivity contribution is -0.139. The lowest BCUT2D eigenvalue weighted by Gasteiger charge is -2.35. The van der Waals surface area contributed by atoms with Crippen LogP contribution in [0.2, 0.25) is 0 Å². The molecule has 1 aliphatic heterocycles. The van der Waals surface area contributed by atoms with E-state index >= 15 is 0 Å². The second-order valence-electron chi connectivity index (χ2n) is 5.23. The van der Waals surface area contributed by atoms with Crippen molar-refractivity contribution in [2.24, 2.45) is 11.7 Å². The first-order chi connectivity index (χ1) is 8.40. The molecule has 1 saturated heterocycles. The summed E-state index contributed by atoms with van der Waals surface area (Å²) in [7, 11) is 0. The van der Waals surface area contributed by atoms with Crippen LogP contribution in [-0.2, 0) is 9.59 Å². The minimum Gasteiger partial charge on any atom is -0.480 e. The molecule has 1 fully saturated rings. The number of hydrogen-bond acceptors (Lipinski definition) is 4. The maximum atomic E-state index is 12.0. The van der Waals surface area contributed by atoms with Gasteiger partial charge >= 0.3 is 5.97 Å². The van der Waals surface area contributed by atoms with Crippen LogP contribution >= 0.6 is 0 Å². The number of hydrogen-bond donors (Lipinski definition) is 2. The molecule has 0 spiro atoms. The molecule has 6 nitrogen and oxygen atoms in total.